The highest BCUT2D eigenvalue weighted by Gasteiger charge is 2.16. The third kappa shape index (κ3) is 2.22. The number of rotatable bonds is 3. The number of anilines is 1. The fourth-order valence-corrected chi connectivity index (χ4v) is 2.73. The van der Waals surface area contributed by atoms with Crippen molar-refractivity contribution in [1.29, 1.82) is 0 Å². The number of pyridine rings is 1. The van der Waals surface area contributed by atoms with E-state index in [4.69, 9.17) is 9.47 Å². The molecule has 0 saturated carbocycles. The first-order valence-electron chi connectivity index (χ1n) is 7.31. The predicted molar refractivity (Wildman–Crippen MR) is 86.3 cm³/mol. The number of hydrogen-bond donors (Lipinski definition) is 1. The maximum atomic E-state index is 5.45. The van der Waals surface area contributed by atoms with Crippen LogP contribution in [0.25, 0.3) is 10.9 Å². The normalized spacial score (nSPS) is 14.0. The first kappa shape index (κ1) is 13.0. The van der Waals surface area contributed by atoms with Crippen LogP contribution in [0.15, 0.2) is 54.7 Å². The van der Waals surface area contributed by atoms with Gasteiger partial charge in [0.1, 0.15) is 0 Å². The van der Waals surface area contributed by atoms with Crippen LogP contribution in [0, 0.1) is 0 Å². The molecule has 4 heteroatoms. The Bertz CT molecular complexity index is 827. The van der Waals surface area contributed by atoms with Crippen molar-refractivity contribution >= 4 is 16.6 Å². The largest absolute Gasteiger partial charge is 0.454 e. The molecule has 2 heterocycles. The Morgan fingerprint density at radius 2 is 1.95 bits per heavy atom. The van der Waals surface area contributed by atoms with E-state index < -0.39 is 0 Å². The molecule has 1 aromatic heterocycles. The molecule has 3 aromatic rings. The summed E-state index contributed by atoms with van der Waals surface area (Å²) in [4.78, 5) is 4.39. The van der Waals surface area contributed by atoms with E-state index in [1.54, 1.807) is 0 Å². The lowest BCUT2D eigenvalue weighted by atomic mass is 10.1. The molecule has 0 fully saturated rings. The lowest BCUT2D eigenvalue weighted by Gasteiger charge is -2.17. The Labute approximate surface area is 128 Å². The second-order valence-corrected chi connectivity index (χ2v) is 5.35. The molecule has 1 aliphatic heterocycles. The number of ether oxygens (including phenoxy) is 2. The van der Waals surface area contributed by atoms with Gasteiger partial charge >= 0.3 is 0 Å². The van der Waals surface area contributed by atoms with Crippen LogP contribution in [0.3, 0.4) is 0 Å². The first-order valence-corrected chi connectivity index (χ1v) is 7.31. The smallest absolute Gasteiger partial charge is 0.231 e. The fourth-order valence-electron chi connectivity index (χ4n) is 2.73. The van der Waals surface area contributed by atoms with E-state index >= 15 is 0 Å². The lowest BCUT2D eigenvalue weighted by molar-refractivity contribution is 0.174. The number of nitrogens with zero attached hydrogens (tertiary/aromatic N) is 1. The Morgan fingerprint density at radius 1 is 1.05 bits per heavy atom. The van der Waals surface area contributed by atoms with Gasteiger partial charge < -0.3 is 14.8 Å². The van der Waals surface area contributed by atoms with Crippen molar-refractivity contribution in [1.82, 2.24) is 4.98 Å². The molecule has 0 aliphatic carbocycles. The zero-order chi connectivity index (χ0) is 14.9. The second kappa shape index (κ2) is 5.22. The molecule has 0 bridgehead atoms. The topological polar surface area (TPSA) is 43.4 Å². The highest BCUT2D eigenvalue weighted by atomic mass is 16.7. The molecule has 0 spiro atoms. The van der Waals surface area contributed by atoms with Crippen LogP contribution in [0.1, 0.15) is 18.5 Å². The van der Waals surface area contributed by atoms with Gasteiger partial charge in [-0.25, -0.2) is 0 Å². The predicted octanol–water partition coefficient (Wildman–Crippen LogP) is 4.14. The number of aromatic nitrogens is 1. The van der Waals surface area contributed by atoms with Gasteiger partial charge in [-0.2, -0.15) is 0 Å². The van der Waals surface area contributed by atoms with Crippen molar-refractivity contribution in [2.75, 3.05) is 12.1 Å². The summed E-state index contributed by atoms with van der Waals surface area (Å²) in [5.74, 6) is 1.62. The van der Waals surface area contributed by atoms with Gasteiger partial charge in [0.15, 0.2) is 11.5 Å². The number of nitrogens with one attached hydrogen (secondary N) is 1. The van der Waals surface area contributed by atoms with Crippen molar-refractivity contribution in [3.63, 3.8) is 0 Å². The molecule has 22 heavy (non-hydrogen) atoms. The minimum absolute atomic E-state index is 0.153. The molecule has 4 rings (SSSR count). The van der Waals surface area contributed by atoms with Crippen molar-refractivity contribution in [2.45, 2.75) is 13.0 Å². The third-order valence-electron chi connectivity index (χ3n) is 3.91. The van der Waals surface area contributed by atoms with Gasteiger partial charge in [0, 0.05) is 23.3 Å². The quantitative estimate of drug-likeness (QED) is 0.788. The standard InChI is InChI=1S/C18H16N2O2/c1-12(13-7-8-17-18(10-13)22-11-21-17)20-16-6-2-5-15-14(16)4-3-9-19-15/h2-10,12,20H,11H2,1H3. The Hall–Kier alpha value is -2.75. The summed E-state index contributed by atoms with van der Waals surface area (Å²) in [7, 11) is 0. The van der Waals surface area contributed by atoms with Gasteiger partial charge in [-0.15, -0.1) is 0 Å². The maximum Gasteiger partial charge on any atom is 0.231 e. The Kier molecular flexibility index (Phi) is 3.07. The van der Waals surface area contributed by atoms with Crippen LogP contribution in [-0.4, -0.2) is 11.8 Å². The van der Waals surface area contributed by atoms with E-state index in [1.165, 1.54) is 0 Å². The first-order chi connectivity index (χ1) is 10.8. The summed E-state index contributed by atoms with van der Waals surface area (Å²) < 4.78 is 10.8. The van der Waals surface area contributed by atoms with Crippen LogP contribution in [0.5, 0.6) is 11.5 Å². The average Bonchev–Trinajstić information content (AvgIpc) is 3.02. The van der Waals surface area contributed by atoms with E-state index in [0.29, 0.717) is 6.79 Å². The molecule has 4 nitrogen and oxygen atoms in total. The molecule has 0 radical (unpaired) electrons. The van der Waals surface area contributed by atoms with Crippen molar-refractivity contribution in [2.24, 2.45) is 0 Å². The Balaban J connectivity index is 1.65. The van der Waals surface area contributed by atoms with E-state index in [0.717, 1.165) is 33.7 Å². The van der Waals surface area contributed by atoms with E-state index in [1.807, 2.05) is 36.5 Å². The van der Waals surface area contributed by atoms with Crippen molar-refractivity contribution in [3.05, 3.63) is 60.3 Å². The molecule has 1 aliphatic rings. The minimum Gasteiger partial charge on any atom is -0.454 e. The SMILES string of the molecule is CC(Nc1cccc2ncccc12)c1ccc2c(c1)OCO2. The number of hydrogen-bond acceptors (Lipinski definition) is 4. The monoisotopic (exact) mass is 292 g/mol. The van der Waals surface area contributed by atoms with Gasteiger partial charge in [0.2, 0.25) is 6.79 Å². The fraction of sp³-hybridized carbons (Fsp3) is 0.167. The summed E-state index contributed by atoms with van der Waals surface area (Å²) >= 11 is 0. The van der Waals surface area contributed by atoms with Gasteiger partial charge in [0.05, 0.1) is 5.52 Å². The Morgan fingerprint density at radius 3 is 2.91 bits per heavy atom. The second-order valence-electron chi connectivity index (χ2n) is 5.35. The highest BCUT2D eigenvalue weighted by molar-refractivity contribution is 5.91. The van der Waals surface area contributed by atoms with Crippen LogP contribution in [0.4, 0.5) is 5.69 Å². The molecule has 0 amide bonds. The number of benzene rings is 2. The molecule has 1 unspecified atom stereocenters. The summed E-state index contributed by atoms with van der Waals surface area (Å²) in [6.07, 6.45) is 1.81. The van der Waals surface area contributed by atoms with Crippen molar-refractivity contribution < 1.29 is 9.47 Å². The van der Waals surface area contributed by atoms with Crippen LogP contribution in [0.2, 0.25) is 0 Å². The third-order valence-corrected chi connectivity index (χ3v) is 3.91. The van der Waals surface area contributed by atoms with Crippen LogP contribution >= 0.6 is 0 Å². The van der Waals surface area contributed by atoms with E-state index in [-0.39, 0.29) is 6.04 Å². The van der Waals surface area contributed by atoms with E-state index in [2.05, 4.69) is 35.4 Å². The summed E-state index contributed by atoms with van der Waals surface area (Å²) in [5, 5.41) is 4.68. The molecule has 0 saturated heterocycles. The highest BCUT2D eigenvalue weighted by Crippen LogP contribution is 2.35. The minimum atomic E-state index is 0.153. The summed E-state index contributed by atoms with van der Waals surface area (Å²) in [5.41, 5.74) is 3.23. The van der Waals surface area contributed by atoms with Gasteiger partial charge in [0.25, 0.3) is 0 Å². The van der Waals surface area contributed by atoms with Crippen LogP contribution < -0.4 is 14.8 Å². The van der Waals surface area contributed by atoms with Gasteiger partial charge in [-0.05, 0) is 48.9 Å². The molecule has 1 atom stereocenters. The van der Waals surface area contributed by atoms with Crippen LogP contribution in [-0.2, 0) is 0 Å². The average molecular weight is 292 g/mol. The van der Waals surface area contributed by atoms with E-state index in [9.17, 15) is 0 Å². The summed E-state index contributed by atoms with van der Waals surface area (Å²) in [6, 6.07) is 16.4. The zero-order valence-corrected chi connectivity index (χ0v) is 12.2. The summed E-state index contributed by atoms with van der Waals surface area (Å²) in [6.45, 7) is 2.43. The lowest BCUT2D eigenvalue weighted by Crippen LogP contribution is -2.07. The van der Waals surface area contributed by atoms with Gasteiger partial charge in [-0.1, -0.05) is 12.1 Å². The molecular weight excluding hydrogens is 276 g/mol. The van der Waals surface area contributed by atoms with Crippen molar-refractivity contribution in [3.8, 4) is 11.5 Å². The molecule has 2 aromatic carbocycles. The molecule has 110 valence electrons. The van der Waals surface area contributed by atoms with Gasteiger partial charge in [-0.3, -0.25) is 4.98 Å². The zero-order valence-electron chi connectivity index (χ0n) is 12.2. The molecular formula is C18H16N2O2. The number of fused-ring (bicyclic) bond motifs is 2. The molecule has 1 N–H and O–H groups in total. The maximum absolute atomic E-state index is 5.45.